The number of Topliss-reactive ketones (excluding diaryl/α,β-unsaturated/α-hetero) is 1. The highest BCUT2D eigenvalue weighted by Crippen LogP contribution is 2.07. The molecule has 0 spiro atoms. The number of nitrogens with two attached hydrogens (primary N) is 1. The lowest BCUT2D eigenvalue weighted by Gasteiger charge is -2.03. The Hall–Kier alpha value is -1.64. The molecule has 0 aliphatic carbocycles. The first-order valence-corrected chi connectivity index (χ1v) is 5.04. The van der Waals surface area contributed by atoms with Crippen molar-refractivity contribution in [1.29, 1.82) is 5.41 Å². The van der Waals surface area contributed by atoms with Crippen LogP contribution < -0.4 is 5.73 Å². The Bertz CT molecular complexity index is 372. The van der Waals surface area contributed by atoms with E-state index in [0.717, 1.165) is 11.1 Å². The predicted molar refractivity (Wildman–Crippen MR) is 61.1 cm³/mol. The minimum Gasteiger partial charge on any atom is -0.387 e. The number of benzene rings is 1. The van der Waals surface area contributed by atoms with Crippen LogP contribution in [-0.2, 0) is 17.6 Å². The van der Waals surface area contributed by atoms with Crippen molar-refractivity contribution >= 4 is 11.6 Å². The molecule has 80 valence electrons. The maximum Gasteiger partial charge on any atom is 0.136 e. The first-order valence-electron chi connectivity index (χ1n) is 5.04. The minimum absolute atomic E-state index is 0.147. The summed E-state index contributed by atoms with van der Waals surface area (Å²) in [6.07, 6.45) is 1.49. The number of rotatable bonds is 5. The Morgan fingerprint density at radius 2 is 1.93 bits per heavy atom. The smallest absolute Gasteiger partial charge is 0.136 e. The van der Waals surface area contributed by atoms with E-state index in [1.165, 1.54) is 0 Å². The summed E-state index contributed by atoms with van der Waals surface area (Å²) in [5.41, 5.74) is 7.31. The van der Waals surface area contributed by atoms with E-state index in [1.807, 2.05) is 31.2 Å². The summed E-state index contributed by atoms with van der Waals surface area (Å²) in [5.74, 6) is 0.379. The van der Waals surface area contributed by atoms with Crippen LogP contribution in [0.5, 0.6) is 0 Å². The molecule has 3 N–H and O–H groups in total. The van der Waals surface area contributed by atoms with Crippen LogP contribution in [0.1, 0.15) is 24.5 Å². The van der Waals surface area contributed by atoms with Gasteiger partial charge < -0.3 is 5.73 Å². The molecule has 0 saturated heterocycles. The first-order chi connectivity index (χ1) is 7.11. The summed E-state index contributed by atoms with van der Waals surface area (Å²) in [7, 11) is 0. The first kappa shape index (κ1) is 11.4. The Labute approximate surface area is 89.8 Å². The average molecular weight is 204 g/mol. The van der Waals surface area contributed by atoms with Crippen LogP contribution in [0.4, 0.5) is 0 Å². The summed E-state index contributed by atoms with van der Waals surface area (Å²) in [6.45, 7) is 1.86. The zero-order valence-electron chi connectivity index (χ0n) is 8.92. The van der Waals surface area contributed by atoms with Crippen LogP contribution in [0.25, 0.3) is 0 Å². The molecule has 3 nitrogen and oxygen atoms in total. The fourth-order valence-electron chi connectivity index (χ4n) is 1.42. The van der Waals surface area contributed by atoms with Crippen LogP contribution in [0.3, 0.4) is 0 Å². The Balaban J connectivity index is 2.74. The number of carbonyl (C=O) groups is 1. The van der Waals surface area contributed by atoms with Gasteiger partial charge in [-0.15, -0.1) is 0 Å². The summed E-state index contributed by atoms with van der Waals surface area (Å²) < 4.78 is 0. The molecule has 0 unspecified atom stereocenters. The van der Waals surface area contributed by atoms with E-state index in [0.29, 0.717) is 19.3 Å². The SMILES string of the molecule is CCC(=O)Cc1cccc(CC(=N)N)c1. The molecule has 1 rings (SSSR count). The Morgan fingerprint density at radius 1 is 1.33 bits per heavy atom. The van der Waals surface area contributed by atoms with Gasteiger partial charge in [0.15, 0.2) is 0 Å². The van der Waals surface area contributed by atoms with E-state index in [9.17, 15) is 4.79 Å². The Kier molecular flexibility index (Phi) is 4.03. The highest BCUT2D eigenvalue weighted by Gasteiger charge is 2.02. The molecule has 0 fully saturated rings. The normalized spacial score (nSPS) is 9.93. The highest BCUT2D eigenvalue weighted by atomic mass is 16.1. The van der Waals surface area contributed by atoms with E-state index in [4.69, 9.17) is 11.1 Å². The molecule has 0 aliphatic heterocycles. The molecule has 1 aromatic rings. The second-order valence-electron chi connectivity index (χ2n) is 3.59. The van der Waals surface area contributed by atoms with Gasteiger partial charge in [0.25, 0.3) is 0 Å². The summed E-state index contributed by atoms with van der Waals surface area (Å²) >= 11 is 0. The summed E-state index contributed by atoms with van der Waals surface area (Å²) in [6, 6.07) is 7.68. The number of amidine groups is 1. The predicted octanol–water partition coefficient (Wildman–Crippen LogP) is 1.69. The third kappa shape index (κ3) is 3.94. The number of carbonyl (C=O) groups excluding carboxylic acids is 1. The van der Waals surface area contributed by atoms with Crippen LogP contribution in [0.15, 0.2) is 24.3 Å². The van der Waals surface area contributed by atoms with Gasteiger partial charge in [-0.2, -0.15) is 0 Å². The standard InChI is InChI=1S/C12H16N2O/c1-2-11(15)7-9-4-3-5-10(6-9)8-12(13)14/h3-6H,2,7-8H2,1H3,(H3,13,14). The van der Waals surface area contributed by atoms with Crippen molar-refractivity contribution in [2.75, 3.05) is 0 Å². The van der Waals surface area contributed by atoms with Gasteiger partial charge in [-0.05, 0) is 11.1 Å². The fourth-order valence-corrected chi connectivity index (χ4v) is 1.42. The zero-order chi connectivity index (χ0) is 11.3. The van der Waals surface area contributed by atoms with Crippen molar-refractivity contribution in [3.8, 4) is 0 Å². The van der Waals surface area contributed by atoms with E-state index < -0.39 is 0 Å². The number of nitrogens with one attached hydrogen (secondary N) is 1. The lowest BCUT2D eigenvalue weighted by atomic mass is 10.0. The molecule has 3 heteroatoms. The van der Waals surface area contributed by atoms with E-state index in [1.54, 1.807) is 0 Å². The summed E-state index contributed by atoms with van der Waals surface area (Å²) in [5, 5.41) is 7.19. The van der Waals surface area contributed by atoms with Gasteiger partial charge in [0, 0.05) is 19.3 Å². The lowest BCUT2D eigenvalue weighted by Crippen LogP contribution is -2.12. The molecule has 0 radical (unpaired) electrons. The number of ketones is 1. The summed E-state index contributed by atoms with van der Waals surface area (Å²) in [4.78, 5) is 11.2. The van der Waals surface area contributed by atoms with Crippen molar-refractivity contribution in [3.63, 3.8) is 0 Å². The van der Waals surface area contributed by atoms with Crippen molar-refractivity contribution in [2.45, 2.75) is 26.2 Å². The number of hydrogen-bond acceptors (Lipinski definition) is 2. The largest absolute Gasteiger partial charge is 0.387 e. The quantitative estimate of drug-likeness (QED) is 0.566. The third-order valence-electron chi connectivity index (χ3n) is 2.18. The van der Waals surface area contributed by atoms with Crippen LogP contribution in [-0.4, -0.2) is 11.6 Å². The van der Waals surface area contributed by atoms with Crippen molar-refractivity contribution in [3.05, 3.63) is 35.4 Å². The molecule has 1 aromatic carbocycles. The van der Waals surface area contributed by atoms with Crippen molar-refractivity contribution in [2.24, 2.45) is 5.73 Å². The van der Waals surface area contributed by atoms with Gasteiger partial charge in [-0.3, -0.25) is 10.2 Å². The molecular weight excluding hydrogens is 188 g/mol. The van der Waals surface area contributed by atoms with E-state index >= 15 is 0 Å². The van der Waals surface area contributed by atoms with Gasteiger partial charge >= 0.3 is 0 Å². The molecular formula is C12H16N2O. The van der Waals surface area contributed by atoms with Gasteiger partial charge in [0.1, 0.15) is 5.78 Å². The van der Waals surface area contributed by atoms with Gasteiger partial charge in [-0.1, -0.05) is 31.2 Å². The topological polar surface area (TPSA) is 66.9 Å². The van der Waals surface area contributed by atoms with Crippen molar-refractivity contribution < 1.29 is 4.79 Å². The molecule has 0 heterocycles. The second-order valence-corrected chi connectivity index (χ2v) is 3.59. The average Bonchev–Trinajstić information content (AvgIpc) is 2.17. The fraction of sp³-hybridized carbons (Fsp3) is 0.333. The molecule has 0 saturated carbocycles. The van der Waals surface area contributed by atoms with Gasteiger partial charge in [0.05, 0.1) is 5.84 Å². The maximum atomic E-state index is 11.2. The van der Waals surface area contributed by atoms with Crippen LogP contribution in [0, 0.1) is 5.41 Å². The Morgan fingerprint density at radius 3 is 2.47 bits per heavy atom. The zero-order valence-corrected chi connectivity index (χ0v) is 8.92. The van der Waals surface area contributed by atoms with Crippen LogP contribution in [0.2, 0.25) is 0 Å². The maximum absolute atomic E-state index is 11.2. The van der Waals surface area contributed by atoms with E-state index in [-0.39, 0.29) is 11.6 Å². The molecule has 0 aliphatic rings. The second kappa shape index (κ2) is 5.29. The van der Waals surface area contributed by atoms with Gasteiger partial charge in [0.2, 0.25) is 0 Å². The van der Waals surface area contributed by atoms with Crippen molar-refractivity contribution in [1.82, 2.24) is 0 Å². The monoisotopic (exact) mass is 204 g/mol. The highest BCUT2D eigenvalue weighted by molar-refractivity contribution is 5.81. The lowest BCUT2D eigenvalue weighted by molar-refractivity contribution is -0.118. The third-order valence-corrected chi connectivity index (χ3v) is 2.18. The van der Waals surface area contributed by atoms with Gasteiger partial charge in [-0.25, -0.2) is 0 Å². The molecule has 15 heavy (non-hydrogen) atoms. The number of hydrogen-bond donors (Lipinski definition) is 2. The molecule has 0 bridgehead atoms. The molecule has 0 atom stereocenters. The molecule has 0 aromatic heterocycles. The minimum atomic E-state index is 0.147. The molecule has 0 amide bonds. The van der Waals surface area contributed by atoms with E-state index in [2.05, 4.69) is 0 Å². The van der Waals surface area contributed by atoms with Crippen LogP contribution >= 0.6 is 0 Å².